The molecular formula is C13H15ClN2O3S2. The van der Waals surface area contributed by atoms with Gasteiger partial charge in [0.1, 0.15) is 9.96 Å². The van der Waals surface area contributed by atoms with Gasteiger partial charge in [-0.3, -0.25) is 4.72 Å². The fraction of sp³-hybridized carbons (Fsp3) is 0.231. The topological polar surface area (TPSA) is 81.4 Å². The predicted molar refractivity (Wildman–Crippen MR) is 85.9 cm³/mol. The van der Waals surface area contributed by atoms with Crippen molar-refractivity contribution in [2.24, 2.45) is 5.73 Å². The molecule has 0 amide bonds. The van der Waals surface area contributed by atoms with Gasteiger partial charge in [0.2, 0.25) is 0 Å². The fourth-order valence-corrected chi connectivity index (χ4v) is 4.39. The molecule has 1 heterocycles. The van der Waals surface area contributed by atoms with E-state index >= 15 is 0 Å². The largest absolute Gasteiger partial charge is 0.495 e. The van der Waals surface area contributed by atoms with E-state index in [0.29, 0.717) is 29.4 Å². The summed E-state index contributed by atoms with van der Waals surface area (Å²) >= 11 is 7.19. The van der Waals surface area contributed by atoms with E-state index in [-0.39, 0.29) is 4.21 Å². The Hall–Kier alpha value is -1.28. The van der Waals surface area contributed by atoms with Gasteiger partial charge >= 0.3 is 0 Å². The van der Waals surface area contributed by atoms with E-state index in [0.717, 1.165) is 4.88 Å². The summed E-state index contributed by atoms with van der Waals surface area (Å²) in [6, 6.07) is 8.05. The number of halogens is 1. The van der Waals surface area contributed by atoms with Gasteiger partial charge in [-0.1, -0.05) is 11.6 Å². The Morgan fingerprint density at radius 1 is 1.33 bits per heavy atom. The van der Waals surface area contributed by atoms with Crippen LogP contribution in [0.15, 0.2) is 34.5 Å². The van der Waals surface area contributed by atoms with Crippen LogP contribution in [-0.2, 0) is 16.4 Å². The van der Waals surface area contributed by atoms with Crippen LogP contribution >= 0.6 is 22.9 Å². The third kappa shape index (κ3) is 3.88. The van der Waals surface area contributed by atoms with Gasteiger partial charge in [-0.05, 0) is 43.3 Å². The zero-order chi connectivity index (χ0) is 15.5. The maximum Gasteiger partial charge on any atom is 0.271 e. The third-order valence-electron chi connectivity index (χ3n) is 2.70. The van der Waals surface area contributed by atoms with Crippen molar-refractivity contribution in [3.63, 3.8) is 0 Å². The van der Waals surface area contributed by atoms with Crippen molar-refractivity contribution < 1.29 is 13.2 Å². The summed E-state index contributed by atoms with van der Waals surface area (Å²) in [6.07, 6.45) is 0.661. The maximum absolute atomic E-state index is 12.3. The lowest BCUT2D eigenvalue weighted by atomic mass is 10.3. The Bertz CT molecular complexity index is 729. The molecule has 2 rings (SSSR count). The van der Waals surface area contributed by atoms with Crippen LogP contribution in [0.25, 0.3) is 0 Å². The van der Waals surface area contributed by atoms with Crippen LogP contribution in [0.4, 0.5) is 5.69 Å². The number of nitrogens with one attached hydrogen (secondary N) is 1. The van der Waals surface area contributed by atoms with Gasteiger partial charge in [0.15, 0.2) is 0 Å². The zero-order valence-corrected chi connectivity index (χ0v) is 13.7. The minimum atomic E-state index is -3.62. The summed E-state index contributed by atoms with van der Waals surface area (Å²) in [4.78, 5) is 0.936. The average molecular weight is 347 g/mol. The number of nitrogens with two attached hydrogens (primary N) is 1. The first kappa shape index (κ1) is 16.1. The lowest BCUT2D eigenvalue weighted by Gasteiger charge is -2.08. The second-order valence-electron chi connectivity index (χ2n) is 4.21. The molecule has 1 aromatic heterocycles. The van der Waals surface area contributed by atoms with E-state index in [9.17, 15) is 8.42 Å². The van der Waals surface area contributed by atoms with Gasteiger partial charge in [-0.25, -0.2) is 8.42 Å². The van der Waals surface area contributed by atoms with E-state index in [1.165, 1.54) is 24.5 Å². The molecule has 1 aromatic carbocycles. The van der Waals surface area contributed by atoms with Crippen molar-refractivity contribution in [1.29, 1.82) is 0 Å². The number of rotatable bonds is 6. The summed E-state index contributed by atoms with van der Waals surface area (Å²) in [5.74, 6) is 0.487. The molecule has 3 N–H and O–H groups in total. The number of anilines is 1. The lowest BCUT2D eigenvalue weighted by molar-refractivity contribution is 0.415. The van der Waals surface area contributed by atoms with Gasteiger partial charge in [0.25, 0.3) is 10.0 Å². The highest BCUT2D eigenvalue weighted by molar-refractivity contribution is 7.94. The average Bonchev–Trinajstić information content (AvgIpc) is 2.88. The normalized spacial score (nSPS) is 11.4. The van der Waals surface area contributed by atoms with Crippen LogP contribution in [0.2, 0.25) is 5.02 Å². The molecule has 0 saturated carbocycles. The molecule has 0 unspecified atom stereocenters. The predicted octanol–water partition coefficient (Wildman–Crippen LogP) is 2.71. The van der Waals surface area contributed by atoms with E-state index < -0.39 is 10.0 Å². The number of thiophene rings is 1. The molecule has 0 aliphatic carbocycles. The van der Waals surface area contributed by atoms with Crippen molar-refractivity contribution >= 4 is 38.6 Å². The SMILES string of the molecule is COc1ccc(NS(=O)(=O)c2ccc(CCN)s2)cc1Cl. The first-order valence-electron chi connectivity index (χ1n) is 6.11. The third-order valence-corrected chi connectivity index (χ3v) is 6.01. The Balaban J connectivity index is 2.22. The Labute approximate surface area is 132 Å². The van der Waals surface area contributed by atoms with E-state index in [2.05, 4.69) is 4.72 Å². The van der Waals surface area contributed by atoms with Crippen LogP contribution in [0, 0.1) is 0 Å². The molecule has 2 aromatic rings. The second-order valence-corrected chi connectivity index (χ2v) is 7.70. The highest BCUT2D eigenvalue weighted by Gasteiger charge is 2.17. The molecule has 8 heteroatoms. The summed E-state index contributed by atoms with van der Waals surface area (Å²) in [6.45, 7) is 0.488. The molecule has 21 heavy (non-hydrogen) atoms. The van der Waals surface area contributed by atoms with Crippen LogP contribution in [-0.4, -0.2) is 22.1 Å². The number of benzene rings is 1. The van der Waals surface area contributed by atoms with Crippen molar-refractivity contribution in [1.82, 2.24) is 0 Å². The first-order valence-corrected chi connectivity index (χ1v) is 8.79. The van der Waals surface area contributed by atoms with E-state index in [1.54, 1.807) is 24.3 Å². The van der Waals surface area contributed by atoms with Gasteiger partial charge < -0.3 is 10.5 Å². The summed E-state index contributed by atoms with van der Waals surface area (Å²) in [5, 5.41) is 0.340. The van der Waals surface area contributed by atoms with E-state index in [4.69, 9.17) is 22.1 Å². The number of hydrogen-bond acceptors (Lipinski definition) is 5. The molecule has 0 radical (unpaired) electrons. The Kier molecular flexibility index (Phi) is 5.10. The van der Waals surface area contributed by atoms with Crippen LogP contribution < -0.4 is 15.2 Å². The second kappa shape index (κ2) is 6.65. The van der Waals surface area contributed by atoms with Gasteiger partial charge in [0, 0.05) is 4.88 Å². The van der Waals surface area contributed by atoms with Crippen LogP contribution in [0.5, 0.6) is 5.75 Å². The smallest absolute Gasteiger partial charge is 0.271 e. The van der Waals surface area contributed by atoms with E-state index in [1.807, 2.05) is 0 Å². The van der Waals surface area contributed by atoms with Crippen LogP contribution in [0.3, 0.4) is 0 Å². The van der Waals surface area contributed by atoms with Gasteiger partial charge in [-0.2, -0.15) is 0 Å². The number of methoxy groups -OCH3 is 1. The summed E-state index contributed by atoms with van der Waals surface area (Å²) in [5.41, 5.74) is 5.85. The fourth-order valence-electron chi connectivity index (χ4n) is 1.71. The van der Waals surface area contributed by atoms with Gasteiger partial charge in [-0.15, -0.1) is 11.3 Å². The Morgan fingerprint density at radius 3 is 2.71 bits per heavy atom. The number of hydrogen-bond donors (Lipinski definition) is 2. The molecule has 0 aliphatic rings. The van der Waals surface area contributed by atoms with Crippen molar-refractivity contribution in [2.75, 3.05) is 18.4 Å². The first-order chi connectivity index (χ1) is 9.96. The standard InChI is InChI=1S/C13H15ClN2O3S2/c1-19-12-4-2-9(8-11(12)14)16-21(17,18)13-5-3-10(20-13)6-7-15/h2-5,8,16H,6-7,15H2,1H3. The van der Waals surface area contributed by atoms with Crippen LogP contribution in [0.1, 0.15) is 4.88 Å². The lowest BCUT2D eigenvalue weighted by Crippen LogP contribution is -2.11. The molecule has 5 nitrogen and oxygen atoms in total. The maximum atomic E-state index is 12.3. The summed E-state index contributed by atoms with van der Waals surface area (Å²) in [7, 11) is -2.12. The Morgan fingerprint density at radius 2 is 2.10 bits per heavy atom. The minimum Gasteiger partial charge on any atom is -0.495 e. The molecule has 0 fully saturated rings. The highest BCUT2D eigenvalue weighted by Crippen LogP contribution is 2.29. The highest BCUT2D eigenvalue weighted by atomic mass is 35.5. The minimum absolute atomic E-state index is 0.248. The molecular weight excluding hydrogens is 332 g/mol. The van der Waals surface area contributed by atoms with Crippen molar-refractivity contribution in [3.05, 3.63) is 40.2 Å². The molecule has 0 aliphatic heterocycles. The van der Waals surface area contributed by atoms with Crippen molar-refractivity contribution in [2.45, 2.75) is 10.6 Å². The number of ether oxygens (including phenoxy) is 1. The molecule has 0 saturated heterocycles. The zero-order valence-electron chi connectivity index (χ0n) is 11.3. The molecule has 0 spiro atoms. The van der Waals surface area contributed by atoms with Gasteiger partial charge in [0.05, 0.1) is 17.8 Å². The monoisotopic (exact) mass is 346 g/mol. The quantitative estimate of drug-likeness (QED) is 0.842. The molecule has 0 bridgehead atoms. The van der Waals surface area contributed by atoms with Crippen molar-refractivity contribution in [3.8, 4) is 5.75 Å². The molecule has 114 valence electrons. The number of sulfonamides is 1. The molecule has 0 atom stereocenters. The summed E-state index contributed by atoms with van der Waals surface area (Å²) < 4.78 is 32.3.